The van der Waals surface area contributed by atoms with E-state index < -0.39 is 40.5 Å². The van der Waals surface area contributed by atoms with Crippen LogP contribution in [0.2, 0.25) is 0 Å². The third kappa shape index (κ3) is 2.19. The van der Waals surface area contributed by atoms with Gasteiger partial charge in [0.05, 0.1) is 18.3 Å². The van der Waals surface area contributed by atoms with Crippen molar-refractivity contribution in [2.24, 2.45) is 0 Å². The summed E-state index contributed by atoms with van der Waals surface area (Å²) in [6.45, 7) is -0.177. The molecule has 6 nitrogen and oxygen atoms in total. The third-order valence-electron chi connectivity index (χ3n) is 4.23. The second-order valence-corrected chi connectivity index (χ2v) is 5.82. The van der Waals surface area contributed by atoms with E-state index in [1.54, 1.807) is 0 Å². The van der Waals surface area contributed by atoms with Gasteiger partial charge in [-0.05, 0) is 23.8 Å². The molecule has 26 heavy (non-hydrogen) atoms. The summed E-state index contributed by atoms with van der Waals surface area (Å²) in [5.41, 5.74) is -0.503. The molecule has 2 N–H and O–H groups in total. The molecule has 1 aliphatic rings. The number of fused-ring (bicyclic) bond motifs is 2. The van der Waals surface area contributed by atoms with Crippen molar-refractivity contribution >= 4 is 22.7 Å². The molecule has 2 heterocycles. The van der Waals surface area contributed by atoms with E-state index in [1.165, 1.54) is 24.3 Å². The van der Waals surface area contributed by atoms with E-state index >= 15 is 0 Å². The zero-order valence-electron chi connectivity index (χ0n) is 13.0. The summed E-state index contributed by atoms with van der Waals surface area (Å²) in [4.78, 5) is 29.7. The lowest BCUT2D eigenvalue weighted by Crippen LogP contribution is -2.29. The van der Waals surface area contributed by atoms with Crippen molar-refractivity contribution < 1.29 is 28.6 Å². The quantitative estimate of drug-likeness (QED) is 0.544. The zero-order valence-corrected chi connectivity index (χ0v) is 13.0. The lowest BCUT2D eigenvalue weighted by molar-refractivity contribution is 0.0641. The monoisotopic (exact) mass is 356 g/mol. The maximum Gasteiger partial charge on any atom is 0.265 e. The second kappa shape index (κ2) is 5.48. The summed E-state index contributed by atoms with van der Waals surface area (Å²) in [5.74, 6) is -4.13. The van der Waals surface area contributed by atoms with Gasteiger partial charge in [-0.1, -0.05) is 12.1 Å². The molecule has 0 fully saturated rings. The van der Waals surface area contributed by atoms with Gasteiger partial charge in [0.1, 0.15) is 28.5 Å². The highest BCUT2D eigenvalue weighted by molar-refractivity contribution is 6.26. The number of carbonyl (C=O) groups is 2. The van der Waals surface area contributed by atoms with Crippen molar-refractivity contribution in [3.8, 4) is 11.5 Å². The molecule has 0 aliphatic carbocycles. The number of carbonyl (C=O) groups excluding carboxylic acids is 2. The summed E-state index contributed by atoms with van der Waals surface area (Å²) in [5, 5.41) is 20.5. The van der Waals surface area contributed by atoms with E-state index in [-0.39, 0.29) is 23.0 Å². The fourth-order valence-electron chi connectivity index (χ4n) is 2.99. The van der Waals surface area contributed by atoms with E-state index in [1.807, 2.05) is 0 Å². The minimum Gasteiger partial charge on any atom is -0.506 e. The Labute approximate surface area is 144 Å². The molecule has 0 saturated carbocycles. The van der Waals surface area contributed by atoms with Gasteiger partial charge in [0, 0.05) is 5.39 Å². The molecule has 0 radical (unpaired) electrons. The Morgan fingerprint density at radius 1 is 0.923 bits per heavy atom. The lowest BCUT2D eigenvalue weighted by atomic mass is 10.0. The van der Waals surface area contributed by atoms with Crippen molar-refractivity contribution in [3.05, 3.63) is 64.9 Å². The molecule has 4 rings (SSSR count). The highest BCUT2D eigenvalue weighted by atomic mass is 19.1. The summed E-state index contributed by atoms with van der Waals surface area (Å²) in [6, 6.07) is 6.10. The smallest absolute Gasteiger partial charge is 0.265 e. The summed E-state index contributed by atoms with van der Waals surface area (Å²) in [6.07, 6.45) is 0.825. The topological polar surface area (TPSA) is 90.7 Å². The van der Waals surface area contributed by atoms with Crippen LogP contribution in [0, 0.1) is 11.6 Å². The molecule has 0 unspecified atom stereocenters. The van der Waals surface area contributed by atoms with Gasteiger partial charge in [-0.3, -0.25) is 14.5 Å². The van der Waals surface area contributed by atoms with E-state index in [9.17, 15) is 28.6 Å². The molecular formula is C18H10F2N2O4. The minimum atomic E-state index is -0.840. The van der Waals surface area contributed by atoms with Gasteiger partial charge in [-0.15, -0.1) is 0 Å². The van der Waals surface area contributed by atoms with Gasteiger partial charge >= 0.3 is 0 Å². The maximum absolute atomic E-state index is 13.4. The van der Waals surface area contributed by atoms with Crippen LogP contribution in [-0.4, -0.2) is 31.9 Å². The predicted octanol–water partition coefficient (Wildman–Crippen LogP) is 2.72. The Balaban J connectivity index is 1.85. The number of pyridine rings is 1. The van der Waals surface area contributed by atoms with Gasteiger partial charge in [0.2, 0.25) is 0 Å². The summed E-state index contributed by atoms with van der Waals surface area (Å²) < 4.78 is 26.4. The first-order valence-electron chi connectivity index (χ1n) is 7.52. The molecule has 2 amide bonds. The lowest BCUT2D eigenvalue weighted by Gasteiger charge is -2.13. The number of nitrogens with zero attached hydrogens (tertiary/aromatic N) is 2. The first-order chi connectivity index (χ1) is 12.4. The molecule has 1 aromatic heterocycles. The van der Waals surface area contributed by atoms with E-state index in [0.717, 1.165) is 17.2 Å². The molecule has 1 aliphatic heterocycles. The average molecular weight is 356 g/mol. The molecule has 130 valence electrons. The van der Waals surface area contributed by atoms with Gasteiger partial charge in [0.25, 0.3) is 11.8 Å². The Morgan fingerprint density at radius 3 is 2.19 bits per heavy atom. The van der Waals surface area contributed by atoms with Gasteiger partial charge < -0.3 is 10.2 Å². The molecule has 8 heteroatoms. The van der Waals surface area contributed by atoms with Crippen molar-refractivity contribution in [2.75, 3.05) is 0 Å². The Morgan fingerprint density at radius 2 is 1.54 bits per heavy atom. The van der Waals surface area contributed by atoms with Crippen LogP contribution in [0.15, 0.2) is 36.5 Å². The molecule has 0 bridgehead atoms. The normalized spacial score (nSPS) is 13.5. The number of hydrogen-bond acceptors (Lipinski definition) is 5. The van der Waals surface area contributed by atoms with Crippen LogP contribution in [0.1, 0.15) is 26.3 Å². The number of benzene rings is 2. The largest absolute Gasteiger partial charge is 0.506 e. The third-order valence-corrected chi connectivity index (χ3v) is 4.23. The Bertz CT molecular complexity index is 1100. The van der Waals surface area contributed by atoms with Gasteiger partial charge in [-0.2, -0.15) is 0 Å². The molecule has 0 atom stereocenters. The molecule has 0 saturated heterocycles. The molecule has 2 aromatic carbocycles. The van der Waals surface area contributed by atoms with E-state index in [0.29, 0.717) is 5.56 Å². The first-order valence-corrected chi connectivity index (χ1v) is 7.52. The van der Waals surface area contributed by atoms with Crippen molar-refractivity contribution in [1.82, 2.24) is 9.88 Å². The van der Waals surface area contributed by atoms with Crippen LogP contribution in [0.3, 0.4) is 0 Å². The maximum atomic E-state index is 13.4. The van der Waals surface area contributed by atoms with Crippen molar-refractivity contribution in [3.63, 3.8) is 0 Å². The average Bonchev–Trinajstić information content (AvgIpc) is 2.86. The number of aromatic hydroxyl groups is 2. The second-order valence-electron chi connectivity index (χ2n) is 5.82. The number of hydrogen-bond donors (Lipinski definition) is 2. The minimum absolute atomic E-state index is 0.175. The van der Waals surface area contributed by atoms with Crippen LogP contribution in [0.5, 0.6) is 11.5 Å². The standard InChI is InChI=1S/C18H10F2N2O4/c19-9-3-1-8(2-4-9)7-22-17(25)12-13(18(22)26)16(24)14-11(15(12)23)5-10(20)6-21-14/h1-6,23-24H,7H2. The fourth-order valence-corrected chi connectivity index (χ4v) is 2.99. The SMILES string of the molecule is O=C1c2c(c(O)c3ncc(F)cc3c2O)C(=O)N1Cc1ccc(F)cc1. The zero-order chi connectivity index (χ0) is 18.6. The summed E-state index contributed by atoms with van der Waals surface area (Å²) >= 11 is 0. The van der Waals surface area contributed by atoms with Crippen LogP contribution < -0.4 is 0 Å². The summed E-state index contributed by atoms with van der Waals surface area (Å²) in [7, 11) is 0. The highest BCUT2D eigenvalue weighted by Gasteiger charge is 2.42. The predicted molar refractivity (Wildman–Crippen MR) is 85.6 cm³/mol. The number of imide groups is 1. The number of phenols is 2. The fraction of sp³-hybridized carbons (Fsp3) is 0.0556. The van der Waals surface area contributed by atoms with Crippen LogP contribution in [0.4, 0.5) is 8.78 Å². The van der Waals surface area contributed by atoms with Crippen LogP contribution in [0.25, 0.3) is 10.9 Å². The van der Waals surface area contributed by atoms with E-state index in [2.05, 4.69) is 4.98 Å². The van der Waals surface area contributed by atoms with Crippen molar-refractivity contribution in [1.29, 1.82) is 0 Å². The van der Waals surface area contributed by atoms with Gasteiger partial charge in [0.15, 0.2) is 5.75 Å². The van der Waals surface area contributed by atoms with Crippen LogP contribution >= 0.6 is 0 Å². The number of rotatable bonds is 2. The van der Waals surface area contributed by atoms with Crippen molar-refractivity contribution in [2.45, 2.75) is 6.54 Å². The first kappa shape index (κ1) is 15.9. The van der Waals surface area contributed by atoms with Crippen LogP contribution in [-0.2, 0) is 6.54 Å². The highest BCUT2D eigenvalue weighted by Crippen LogP contribution is 2.43. The molecule has 0 spiro atoms. The van der Waals surface area contributed by atoms with E-state index in [4.69, 9.17) is 0 Å². The number of phenolic OH excluding ortho intramolecular Hbond substituents is 2. The molecule has 3 aromatic rings. The molecular weight excluding hydrogens is 346 g/mol. The Hall–Kier alpha value is -3.55. The Kier molecular flexibility index (Phi) is 3.36. The number of aromatic nitrogens is 1. The van der Waals surface area contributed by atoms with Gasteiger partial charge in [-0.25, -0.2) is 13.8 Å². The number of amides is 2. The number of halogens is 2.